The number of amides is 1. The Bertz CT molecular complexity index is 1100. The first kappa shape index (κ1) is 19.8. The van der Waals surface area contributed by atoms with Gasteiger partial charge in [-0.05, 0) is 61.4 Å². The van der Waals surface area contributed by atoms with Crippen molar-refractivity contribution in [3.8, 4) is 17.2 Å². The van der Waals surface area contributed by atoms with Crippen LogP contribution in [0.3, 0.4) is 0 Å². The fourth-order valence-corrected chi connectivity index (χ4v) is 4.67. The predicted octanol–water partition coefficient (Wildman–Crippen LogP) is 4.46. The summed E-state index contributed by atoms with van der Waals surface area (Å²) in [5, 5.41) is 4.41. The van der Waals surface area contributed by atoms with Crippen LogP contribution in [0.1, 0.15) is 18.5 Å². The molecule has 3 heterocycles. The molecule has 31 heavy (non-hydrogen) atoms. The van der Waals surface area contributed by atoms with Gasteiger partial charge in [-0.25, -0.2) is 0 Å². The molecule has 1 fully saturated rings. The highest BCUT2D eigenvalue weighted by atomic mass is 35.5. The Morgan fingerprint density at radius 3 is 2.58 bits per heavy atom. The average molecular weight is 438 g/mol. The maximum Gasteiger partial charge on any atom is 0.260 e. The lowest BCUT2D eigenvalue weighted by molar-refractivity contribution is -0.134. The van der Waals surface area contributed by atoms with Crippen LogP contribution in [0.2, 0.25) is 5.02 Å². The van der Waals surface area contributed by atoms with Gasteiger partial charge in [-0.2, -0.15) is 0 Å². The number of anilines is 1. The Kier molecular flexibility index (Phi) is 5.02. The molecule has 6 nitrogen and oxygen atoms in total. The third-order valence-electron chi connectivity index (χ3n) is 6.22. The lowest BCUT2D eigenvalue weighted by atomic mass is 9.82. The fourth-order valence-electron chi connectivity index (χ4n) is 4.54. The first-order chi connectivity index (χ1) is 15.1. The molecule has 1 aromatic heterocycles. The van der Waals surface area contributed by atoms with E-state index in [2.05, 4.69) is 34.3 Å². The number of rotatable bonds is 4. The van der Waals surface area contributed by atoms with E-state index in [1.165, 1.54) is 5.69 Å². The number of likely N-dealkylation sites (tertiary alicyclic amines) is 1. The summed E-state index contributed by atoms with van der Waals surface area (Å²) in [6, 6.07) is 17.4. The Morgan fingerprint density at radius 2 is 1.84 bits per heavy atom. The molecule has 0 radical (unpaired) electrons. The van der Waals surface area contributed by atoms with Gasteiger partial charge in [0.25, 0.3) is 5.91 Å². The molecule has 0 aliphatic carbocycles. The minimum absolute atomic E-state index is 0.00179. The number of piperidine rings is 1. The predicted molar refractivity (Wildman–Crippen MR) is 120 cm³/mol. The third-order valence-corrected chi connectivity index (χ3v) is 6.47. The normalized spacial score (nSPS) is 16.3. The number of aromatic nitrogens is 1. The number of nitrogens with one attached hydrogen (secondary N) is 1. The highest BCUT2D eigenvalue weighted by Gasteiger charge is 2.42. The van der Waals surface area contributed by atoms with Gasteiger partial charge in [0.15, 0.2) is 6.61 Å². The first-order valence-electron chi connectivity index (χ1n) is 10.4. The molecule has 1 N–H and O–H groups in total. The number of nitrogens with zero attached hydrogens (tertiary/aromatic N) is 2. The largest absolute Gasteiger partial charge is 0.497 e. The maximum atomic E-state index is 12.7. The van der Waals surface area contributed by atoms with Crippen LogP contribution in [-0.2, 0) is 10.3 Å². The minimum atomic E-state index is -0.212. The van der Waals surface area contributed by atoms with E-state index in [1.54, 1.807) is 31.4 Å². The van der Waals surface area contributed by atoms with Crippen molar-refractivity contribution in [3.63, 3.8) is 0 Å². The number of fused-ring (bicyclic) bond motifs is 4. The third kappa shape index (κ3) is 3.61. The molecular weight excluding hydrogens is 414 g/mol. The Hall–Kier alpha value is -3.12. The van der Waals surface area contributed by atoms with Crippen molar-refractivity contribution in [1.82, 2.24) is 9.47 Å². The van der Waals surface area contributed by atoms with E-state index in [9.17, 15) is 4.79 Å². The monoisotopic (exact) mass is 437 g/mol. The lowest BCUT2D eigenvalue weighted by Crippen LogP contribution is -2.51. The van der Waals surface area contributed by atoms with Gasteiger partial charge in [0.05, 0.1) is 24.0 Å². The second kappa shape index (κ2) is 7.85. The summed E-state index contributed by atoms with van der Waals surface area (Å²) in [6.45, 7) is 1.36. The molecule has 0 saturated carbocycles. The van der Waals surface area contributed by atoms with E-state index >= 15 is 0 Å². The summed E-state index contributed by atoms with van der Waals surface area (Å²) >= 11 is 5.90. The van der Waals surface area contributed by atoms with Crippen molar-refractivity contribution in [1.29, 1.82) is 0 Å². The van der Waals surface area contributed by atoms with Crippen LogP contribution in [-0.4, -0.2) is 42.2 Å². The summed E-state index contributed by atoms with van der Waals surface area (Å²) in [5.74, 6) is 1.46. The van der Waals surface area contributed by atoms with Gasteiger partial charge in [-0.1, -0.05) is 11.6 Å². The molecule has 1 amide bonds. The lowest BCUT2D eigenvalue weighted by Gasteiger charge is -2.46. The van der Waals surface area contributed by atoms with E-state index in [0.29, 0.717) is 23.9 Å². The molecule has 7 heteroatoms. The molecule has 0 atom stereocenters. The fraction of sp³-hybridized carbons (Fsp3) is 0.292. The van der Waals surface area contributed by atoms with Crippen LogP contribution in [0, 0.1) is 0 Å². The van der Waals surface area contributed by atoms with E-state index in [4.69, 9.17) is 21.1 Å². The van der Waals surface area contributed by atoms with Crippen LogP contribution in [0.4, 0.5) is 5.69 Å². The number of hydrogen-bond acceptors (Lipinski definition) is 4. The highest BCUT2D eigenvalue weighted by Crippen LogP contribution is 2.44. The standard InChI is InChI=1S/C24H24ClN3O3/c1-30-19-8-9-21-20(15-19)26-24(22-3-2-12-28(21)22)10-13-27(14-11-24)23(29)16-31-18-6-4-17(25)5-7-18/h2-9,12,15,26H,10-11,13-14,16H2,1H3. The van der Waals surface area contributed by atoms with E-state index in [0.717, 1.165) is 30.0 Å². The topological polar surface area (TPSA) is 55.7 Å². The summed E-state index contributed by atoms with van der Waals surface area (Å²) in [5.41, 5.74) is 3.18. The first-order valence-corrected chi connectivity index (χ1v) is 10.8. The number of halogens is 1. The molecule has 5 rings (SSSR count). The van der Waals surface area contributed by atoms with Crippen LogP contribution in [0.15, 0.2) is 60.8 Å². The van der Waals surface area contributed by atoms with Gasteiger partial charge in [0.1, 0.15) is 11.5 Å². The average Bonchev–Trinajstić information content (AvgIpc) is 3.30. The van der Waals surface area contributed by atoms with Crippen LogP contribution < -0.4 is 14.8 Å². The van der Waals surface area contributed by atoms with E-state index in [-0.39, 0.29) is 18.1 Å². The van der Waals surface area contributed by atoms with Crippen LogP contribution >= 0.6 is 11.6 Å². The Balaban J connectivity index is 1.29. The molecule has 2 aliphatic rings. The van der Waals surface area contributed by atoms with Crippen molar-refractivity contribution in [2.24, 2.45) is 0 Å². The maximum absolute atomic E-state index is 12.7. The number of methoxy groups -OCH3 is 1. The molecule has 0 unspecified atom stereocenters. The number of carbonyl (C=O) groups excluding carboxylic acids is 1. The van der Waals surface area contributed by atoms with Crippen molar-refractivity contribution in [2.75, 3.05) is 32.1 Å². The zero-order valence-electron chi connectivity index (χ0n) is 17.3. The van der Waals surface area contributed by atoms with Gasteiger partial charge in [-0.3, -0.25) is 4.79 Å². The second-order valence-electron chi connectivity index (χ2n) is 7.98. The molecule has 160 valence electrons. The molecule has 2 aromatic carbocycles. The van der Waals surface area contributed by atoms with Gasteiger partial charge in [0.2, 0.25) is 0 Å². The number of ether oxygens (including phenoxy) is 2. The quantitative estimate of drug-likeness (QED) is 0.654. The Morgan fingerprint density at radius 1 is 1.10 bits per heavy atom. The zero-order chi connectivity index (χ0) is 21.4. The molecule has 3 aromatic rings. The summed E-state index contributed by atoms with van der Waals surface area (Å²) < 4.78 is 13.3. The second-order valence-corrected chi connectivity index (χ2v) is 8.41. The summed E-state index contributed by atoms with van der Waals surface area (Å²) in [7, 11) is 1.68. The van der Waals surface area contributed by atoms with E-state index in [1.807, 2.05) is 17.0 Å². The van der Waals surface area contributed by atoms with Crippen molar-refractivity contribution in [3.05, 3.63) is 71.5 Å². The molecule has 2 aliphatic heterocycles. The molecule has 0 bridgehead atoms. The summed E-state index contributed by atoms with van der Waals surface area (Å²) in [4.78, 5) is 14.6. The smallest absolute Gasteiger partial charge is 0.260 e. The molecular formula is C24H24ClN3O3. The van der Waals surface area contributed by atoms with Gasteiger partial charge >= 0.3 is 0 Å². The number of hydrogen-bond donors (Lipinski definition) is 1. The zero-order valence-corrected chi connectivity index (χ0v) is 18.1. The van der Waals surface area contributed by atoms with Gasteiger partial charge < -0.3 is 24.3 Å². The highest BCUT2D eigenvalue weighted by molar-refractivity contribution is 6.30. The van der Waals surface area contributed by atoms with Gasteiger partial charge in [-0.15, -0.1) is 0 Å². The molecule has 1 saturated heterocycles. The number of carbonyl (C=O) groups is 1. The van der Waals surface area contributed by atoms with Crippen molar-refractivity contribution in [2.45, 2.75) is 18.4 Å². The minimum Gasteiger partial charge on any atom is -0.497 e. The van der Waals surface area contributed by atoms with Crippen LogP contribution in [0.5, 0.6) is 11.5 Å². The van der Waals surface area contributed by atoms with Crippen LogP contribution in [0.25, 0.3) is 5.69 Å². The molecule has 1 spiro atoms. The van der Waals surface area contributed by atoms with E-state index < -0.39 is 0 Å². The van der Waals surface area contributed by atoms with Crippen molar-refractivity contribution >= 4 is 23.2 Å². The SMILES string of the molecule is COc1ccc2c(c1)NC1(CCN(C(=O)COc3ccc(Cl)cc3)CC1)c1cccn1-2. The number of benzene rings is 2. The Labute approximate surface area is 186 Å². The van der Waals surface area contributed by atoms with Gasteiger partial charge in [0, 0.05) is 36.1 Å². The van der Waals surface area contributed by atoms with Crippen molar-refractivity contribution < 1.29 is 14.3 Å². The summed E-state index contributed by atoms with van der Waals surface area (Å²) in [6.07, 6.45) is 3.74.